The Balaban J connectivity index is 1.45. The molecule has 36 heavy (non-hydrogen) atoms. The quantitative estimate of drug-likeness (QED) is 0.310. The standard InChI is InChI=1S/C20H13Cl2F3N8O2S/c1-8(32-18(35)15-13(22)14(30-7-31-15)16-26-2-3-27-16)19-29-6-11(36-19)17(34)33-12-4-9(20(23,24)25)10(21)5-28-12/h2-8H,1H3,(H,26,27)(H,32,35)(H,28,33,34)/t8-/m0/s1. The number of nitrogens with one attached hydrogen (secondary N) is 3. The summed E-state index contributed by atoms with van der Waals surface area (Å²) in [6.07, 6.45) is 1.56. The number of amides is 2. The molecule has 0 aliphatic rings. The van der Waals surface area contributed by atoms with Crippen molar-refractivity contribution in [1.82, 2.24) is 35.2 Å². The molecule has 0 aliphatic carbocycles. The van der Waals surface area contributed by atoms with Gasteiger partial charge in [-0.3, -0.25) is 9.59 Å². The van der Waals surface area contributed by atoms with Gasteiger partial charge in [-0.15, -0.1) is 11.3 Å². The van der Waals surface area contributed by atoms with Crippen LogP contribution in [0.3, 0.4) is 0 Å². The Morgan fingerprint density at radius 1 is 1.08 bits per heavy atom. The number of aromatic nitrogens is 6. The van der Waals surface area contributed by atoms with E-state index in [-0.39, 0.29) is 27.1 Å². The number of hydrogen-bond donors (Lipinski definition) is 3. The molecule has 0 radical (unpaired) electrons. The highest BCUT2D eigenvalue weighted by Crippen LogP contribution is 2.35. The van der Waals surface area contributed by atoms with Crippen LogP contribution in [-0.2, 0) is 6.18 Å². The van der Waals surface area contributed by atoms with Gasteiger partial charge in [0.15, 0.2) is 11.5 Å². The number of hydrogen-bond acceptors (Lipinski definition) is 8. The summed E-state index contributed by atoms with van der Waals surface area (Å²) in [7, 11) is 0. The summed E-state index contributed by atoms with van der Waals surface area (Å²) >= 11 is 12.8. The van der Waals surface area contributed by atoms with E-state index in [1.807, 2.05) is 0 Å². The van der Waals surface area contributed by atoms with E-state index < -0.39 is 34.6 Å². The number of halogens is 5. The van der Waals surface area contributed by atoms with Gasteiger partial charge in [0, 0.05) is 18.6 Å². The molecule has 16 heteroatoms. The first-order valence-electron chi connectivity index (χ1n) is 9.85. The summed E-state index contributed by atoms with van der Waals surface area (Å²) in [6, 6.07) is -0.0272. The van der Waals surface area contributed by atoms with E-state index in [0.29, 0.717) is 16.9 Å². The number of thiazole rings is 1. The minimum absolute atomic E-state index is 0.00922. The average molecular weight is 557 g/mol. The summed E-state index contributed by atoms with van der Waals surface area (Å²) in [6.45, 7) is 1.62. The Bertz CT molecular complexity index is 1430. The van der Waals surface area contributed by atoms with Gasteiger partial charge in [0.2, 0.25) is 0 Å². The van der Waals surface area contributed by atoms with Gasteiger partial charge in [0.05, 0.1) is 22.8 Å². The third-order valence-electron chi connectivity index (χ3n) is 4.59. The number of rotatable bonds is 6. The SMILES string of the molecule is C[C@H](NC(=O)c1ncnc(-c2ncc[nH]2)c1Cl)c1ncc(C(=O)Nc2cc(C(F)(F)F)c(Cl)cn2)s1. The molecule has 1 atom stereocenters. The highest BCUT2D eigenvalue weighted by molar-refractivity contribution is 7.13. The second-order valence-corrected chi connectivity index (χ2v) is 8.93. The van der Waals surface area contributed by atoms with Crippen molar-refractivity contribution in [3.05, 3.63) is 68.4 Å². The van der Waals surface area contributed by atoms with E-state index in [4.69, 9.17) is 23.2 Å². The molecule has 0 aromatic carbocycles. The number of pyridine rings is 1. The van der Waals surface area contributed by atoms with E-state index in [9.17, 15) is 22.8 Å². The Morgan fingerprint density at radius 2 is 1.86 bits per heavy atom. The minimum atomic E-state index is -4.71. The number of anilines is 1. The van der Waals surface area contributed by atoms with Crippen molar-refractivity contribution in [1.29, 1.82) is 0 Å². The summed E-state index contributed by atoms with van der Waals surface area (Å²) in [4.78, 5) is 48.0. The van der Waals surface area contributed by atoms with Gasteiger partial charge in [-0.2, -0.15) is 13.2 Å². The van der Waals surface area contributed by atoms with Gasteiger partial charge < -0.3 is 15.6 Å². The normalized spacial score (nSPS) is 12.3. The number of imidazole rings is 1. The molecule has 4 aromatic heterocycles. The zero-order chi connectivity index (χ0) is 26.0. The van der Waals surface area contributed by atoms with Crippen LogP contribution in [0.5, 0.6) is 0 Å². The summed E-state index contributed by atoms with van der Waals surface area (Å²) in [5.74, 6) is -1.33. The lowest BCUT2D eigenvalue weighted by molar-refractivity contribution is -0.137. The van der Waals surface area contributed by atoms with Crippen LogP contribution in [-0.4, -0.2) is 41.7 Å². The third kappa shape index (κ3) is 5.45. The van der Waals surface area contributed by atoms with Crippen molar-refractivity contribution >= 4 is 52.2 Å². The van der Waals surface area contributed by atoms with E-state index in [1.165, 1.54) is 18.7 Å². The predicted molar refractivity (Wildman–Crippen MR) is 125 cm³/mol. The van der Waals surface area contributed by atoms with Crippen LogP contribution in [0.2, 0.25) is 10.0 Å². The number of aromatic amines is 1. The molecule has 4 aromatic rings. The maximum Gasteiger partial charge on any atom is 0.418 e. The fourth-order valence-corrected chi connectivity index (χ4v) is 4.21. The fourth-order valence-electron chi connectivity index (χ4n) is 2.91. The van der Waals surface area contributed by atoms with Crippen molar-refractivity contribution in [2.24, 2.45) is 0 Å². The van der Waals surface area contributed by atoms with E-state index >= 15 is 0 Å². The molecule has 0 bridgehead atoms. The molecule has 10 nitrogen and oxygen atoms in total. The zero-order valence-electron chi connectivity index (χ0n) is 17.9. The van der Waals surface area contributed by atoms with Crippen molar-refractivity contribution in [2.75, 3.05) is 5.32 Å². The lowest BCUT2D eigenvalue weighted by Gasteiger charge is -2.12. The third-order valence-corrected chi connectivity index (χ3v) is 6.43. The molecular formula is C20H13Cl2F3N8O2S. The van der Waals surface area contributed by atoms with Gasteiger partial charge in [0.1, 0.15) is 32.7 Å². The molecule has 4 heterocycles. The van der Waals surface area contributed by atoms with Gasteiger partial charge in [-0.25, -0.2) is 24.9 Å². The number of carbonyl (C=O) groups is 2. The summed E-state index contributed by atoms with van der Waals surface area (Å²) < 4.78 is 39.1. The lowest BCUT2D eigenvalue weighted by atomic mass is 10.2. The van der Waals surface area contributed by atoms with Crippen molar-refractivity contribution in [3.8, 4) is 11.5 Å². The Morgan fingerprint density at radius 3 is 2.56 bits per heavy atom. The first-order valence-corrected chi connectivity index (χ1v) is 11.4. The van der Waals surface area contributed by atoms with Crippen molar-refractivity contribution < 1.29 is 22.8 Å². The molecule has 0 fully saturated rings. The van der Waals surface area contributed by atoms with Crippen LogP contribution >= 0.6 is 34.5 Å². The molecule has 2 amide bonds. The second-order valence-electron chi connectivity index (χ2n) is 7.08. The Labute approximate surface area is 214 Å². The highest BCUT2D eigenvalue weighted by Gasteiger charge is 2.34. The van der Waals surface area contributed by atoms with Crippen molar-refractivity contribution in [3.63, 3.8) is 0 Å². The lowest BCUT2D eigenvalue weighted by Crippen LogP contribution is -2.28. The smallest absolute Gasteiger partial charge is 0.343 e. The topological polar surface area (TPSA) is 138 Å². The average Bonchev–Trinajstić information content (AvgIpc) is 3.52. The van der Waals surface area contributed by atoms with Crippen LogP contribution in [0.25, 0.3) is 11.5 Å². The molecular weight excluding hydrogens is 544 g/mol. The first kappa shape index (κ1) is 25.5. The molecule has 0 saturated carbocycles. The Kier molecular flexibility index (Phi) is 7.19. The monoisotopic (exact) mass is 556 g/mol. The Hall–Kier alpha value is -3.62. The first-order chi connectivity index (χ1) is 17.0. The minimum Gasteiger partial charge on any atom is -0.343 e. The van der Waals surface area contributed by atoms with E-state index in [2.05, 4.69) is 40.5 Å². The van der Waals surface area contributed by atoms with Crippen LogP contribution < -0.4 is 10.6 Å². The molecule has 0 spiro atoms. The van der Waals surface area contributed by atoms with Gasteiger partial charge >= 0.3 is 6.18 Å². The van der Waals surface area contributed by atoms with Crippen LogP contribution in [0, 0.1) is 0 Å². The largest absolute Gasteiger partial charge is 0.418 e. The number of carbonyl (C=O) groups excluding carboxylic acids is 2. The number of H-pyrrole nitrogens is 1. The molecule has 4 rings (SSSR count). The predicted octanol–water partition coefficient (Wildman–Crippen LogP) is 4.79. The number of alkyl halides is 3. The zero-order valence-corrected chi connectivity index (χ0v) is 20.2. The second kappa shape index (κ2) is 10.2. The summed E-state index contributed by atoms with van der Waals surface area (Å²) in [5, 5.41) is 4.70. The molecule has 0 aliphatic heterocycles. The summed E-state index contributed by atoms with van der Waals surface area (Å²) in [5.41, 5.74) is -0.977. The van der Waals surface area contributed by atoms with Crippen LogP contribution in [0.4, 0.5) is 19.0 Å². The van der Waals surface area contributed by atoms with Crippen LogP contribution in [0.1, 0.15) is 43.7 Å². The number of nitrogens with zero attached hydrogens (tertiary/aromatic N) is 5. The maximum absolute atomic E-state index is 13.0. The fraction of sp³-hybridized carbons (Fsp3) is 0.150. The van der Waals surface area contributed by atoms with Gasteiger partial charge in [0.25, 0.3) is 11.8 Å². The van der Waals surface area contributed by atoms with Crippen LogP contribution in [0.15, 0.2) is 37.2 Å². The van der Waals surface area contributed by atoms with E-state index in [1.54, 1.807) is 13.1 Å². The van der Waals surface area contributed by atoms with Gasteiger partial charge in [-0.1, -0.05) is 23.2 Å². The molecule has 0 unspecified atom stereocenters. The highest BCUT2D eigenvalue weighted by atomic mass is 35.5. The molecule has 186 valence electrons. The molecule has 3 N–H and O–H groups in total. The molecule has 0 saturated heterocycles. The maximum atomic E-state index is 13.0. The van der Waals surface area contributed by atoms with Crippen molar-refractivity contribution in [2.45, 2.75) is 19.1 Å². The van der Waals surface area contributed by atoms with E-state index in [0.717, 1.165) is 17.5 Å². The van der Waals surface area contributed by atoms with Gasteiger partial charge in [-0.05, 0) is 13.0 Å².